The predicted molar refractivity (Wildman–Crippen MR) is 97.9 cm³/mol. The Labute approximate surface area is 146 Å². The third-order valence-electron chi connectivity index (χ3n) is 4.73. The highest BCUT2D eigenvalue weighted by atomic mass is 16.4. The van der Waals surface area contributed by atoms with E-state index in [-0.39, 0.29) is 5.91 Å². The van der Waals surface area contributed by atoms with Crippen molar-refractivity contribution in [1.82, 2.24) is 9.88 Å². The highest BCUT2D eigenvalue weighted by molar-refractivity contribution is 5.94. The maximum atomic E-state index is 12.7. The molecule has 0 aliphatic carbocycles. The van der Waals surface area contributed by atoms with Crippen molar-refractivity contribution in [2.75, 3.05) is 31.1 Å². The Morgan fingerprint density at radius 2 is 1.76 bits per heavy atom. The predicted octanol–water partition coefficient (Wildman–Crippen LogP) is 3.35. The number of aromatic nitrogens is 1. The Balaban J connectivity index is 1.42. The zero-order valence-electron chi connectivity index (χ0n) is 14.3. The van der Waals surface area contributed by atoms with E-state index in [2.05, 4.69) is 16.8 Å². The molecular weight excluding hydrogens is 314 g/mol. The van der Waals surface area contributed by atoms with Crippen LogP contribution in [0.4, 0.5) is 6.01 Å². The molecule has 3 aromatic rings. The number of carbonyl (C=O) groups is 1. The van der Waals surface area contributed by atoms with Gasteiger partial charge in [-0.25, -0.2) is 0 Å². The van der Waals surface area contributed by atoms with Gasteiger partial charge in [-0.05, 0) is 36.2 Å². The van der Waals surface area contributed by atoms with Crippen LogP contribution in [-0.2, 0) is 6.42 Å². The third kappa shape index (κ3) is 3.09. The molecule has 0 bridgehead atoms. The van der Waals surface area contributed by atoms with Crippen molar-refractivity contribution in [3.63, 3.8) is 0 Å². The monoisotopic (exact) mass is 335 g/mol. The van der Waals surface area contributed by atoms with E-state index >= 15 is 0 Å². The van der Waals surface area contributed by atoms with Gasteiger partial charge in [0, 0.05) is 31.7 Å². The summed E-state index contributed by atoms with van der Waals surface area (Å²) in [5, 5.41) is 0. The molecule has 128 valence electrons. The fourth-order valence-electron chi connectivity index (χ4n) is 3.16. The van der Waals surface area contributed by atoms with E-state index in [9.17, 15) is 4.79 Å². The molecule has 1 aliphatic rings. The summed E-state index contributed by atoms with van der Waals surface area (Å²) in [6.07, 6.45) is 0.984. The molecule has 0 unspecified atom stereocenters. The number of carbonyl (C=O) groups excluding carboxylic acids is 1. The lowest BCUT2D eigenvalue weighted by molar-refractivity contribution is 0.0745. The SMILES string of the molecule is CCc1ccc(C(=O)N2CCN(c3nc4ccccc4o3)CC2)cc1. The van der Waals surface area contributed by atoms with Crippen LogP contribution in [0.5, 0.6) is 0 Å². The molecule has 1 amide bonds. The molecule has 5 heteroatoms. The number of nitrogens with zero attached hydrogens (tertiary/aromatic N) is 3. The number of benzene rings is 2. The van der Waals surface area contributed by atoms with E-state index in [0.717, 1.165) is 36.2 Å². The van der Waals surface area contributed by atoms with Crippen molar-refractivity contribution in [1.29, 1.82) is 0 Å². The molecule has 0 radical (unpaired) electrons. The summed E-state index contributed by atoms with van der Waals surface area (Å²) in [5.41, 5.74) is 3.67. The Morgan fingerprint density at radius 3 is 2.44 bits per heavy atom. The summed E-state index contributed by atoms with van der Waals surface area (Å²) >= 11 is 0. The number of oxazole rings is 1. The number of fused-ring (bicyclic) bond motifs is 1. The number of hydrogen-bond donors (Lipinski definition) is 0. The third-order valence-corrected chi connectivity index (χ3v) is 4.73. The van der Waals surface area contributed by atoms with Crippen molar-refractivity contribution in [3.05, 3.63) is 59.7 Å². The van der Waals surface area contributed by atoms with E-state index in [1.807, 2.05) is 53.4 Å². The molecule has 1 saturated heterocycles. The molecule has 0 saturated carbocycles. The zero-order chi connectivity index (χ0) is 17.2. The normalized spacial score (nSPS) is 14.9. The summed E-state index contributed by atoms with van der Waals surface area (Å²) in [4.78, 5) is 21.2. The summed E-state index contributed by atoms with van der Waals surface area (Å²) in [7, 11) is 0. The molecule has 0 N–H and O–H groups in total. The molecule has 4 rings (SSSR count). The van der Waals surface area contributed by atoms with Crippen LogP contribution in [-0.4, -0.2) is 42.0 Å². The average molecular weight is 335 g/mol. The highest BCUT2D eigenvalue weighted by Crippen LogP contribution is 2.23. The largest absolute Gasteiger partial charge is 0.423 e. The minimum atomic E-state index is 0.0971. The number of hydrogen-bond acceptors (Lipinski definition) is 4. The molecule has 25 heavy (non-hydrogen) atoms. The van der Waals surface area contributed by atoms with Crippen molar-refractivity contribution in [2.24, 2.45) is 0 Å². The van der Waals surface area contributed by atoms with Crippen LogP contribution in [0.3, 0.4) is 0 Å². The number of rotatable bonds is 3. The fourth-order valence-corrected chi connectivity index (χ4v) is 3.16. The van der Waals surface area contributed by atoms with Crippen molar-refractivity contribution < 1.29 is 9.21 Å². The second kappa shape index (κ2) is 6.59. The van der Waals surface area contributed by atoms with Gasteiger partial charge in [-0.2, -0.15) is 4.98 Å². The number of aryl methyl sites for hydroxylation is 1. The molecule has 0 atom stereocenters. The molecule has 2 heterocycles. The van der Waals surface area contributed by atoms with E-state index in [1.54, 1.807) is 0 Å². The molecule has 5 nitrogen and oxygen atoms in total. The summed E-state index contributed by atoms with van der Waals surface area (Å²) < 4.78 is 5.82. The van der Waals surface area contributed by atoms with Gasteiger partial charge in [0.05, 0.1) is 0 Å². The molecule has 0 spiro atoms. The molecule has 2 aromatic carbocycles. The lowest BCUT2D eigenvalue weighted by Gasteiger charge is -2.33. The van der Waals surface area contributed by atoms with Gasteiger partial charge in [-0.3, -0.25) is 4.79 Å². The van der Waals surface area contributed by atoms with Gasteiger partial charge in [-0.15, -0.1) is 0 Å². The van der Waals surface area contributed by atoms with Crippen LogP contribution in [0.2, 0.25) is 0 Å². The van der Waals surface area contributed by atoms with Gasteiger partial charge in [0.15, 0.2) is 5.58 Å². The Kier molecular flexibility index (Phi) is 4.14. The molecule has 1 fully saturated rings. The first kappa shape index (κ1) is 15.7. The van der Waals surface area contributed by atoms with Crippen molar-refractivity contribution >= 4 is 23.0 Å². The van der Waals surface area contributed by atoms with Gasteiger partial charge >= 0.3 is 0 Å². The van der Waals surface area contributed by atoms with Crippen molar-refractivity contribution in [3.8, 4) is 0 Å². The quantitative estimate of drug-likeness (QED) is 0.736. The number of piperazine rings is 1. The first-order chi connectivity index (χ1) is 12.2. The first-order valence-electron chi connectivity index (χ1n) is 8.73. The van der Waals surface area contributed by atoms with E-state index in [1.165, 1.54) is 5.56 Å². The van der Waals surface area contributed by atoms with Gasteiger partial charge in [0.2, 0.25) is 0 Å². The second-order valence-electron chi connectivity index (χ2n) is 6.29. The number of amides is 1. The molecule has 1 aliphatic heterocycles. The van der Waals surface area contributed by atoms with Gasteiger partial charge in [0.1, 0.15) is 5.52 Å². The molecular formula is C20H21N3O2. The van der Waals surface area contributed by atoms with Crippen LogP contribution in [0.15, 0.2) is 52.9 Å². The zero-order valence-corrected chi connectivity index (χ0v) is 14.3. The van der Waals surface area contributed by atoms with E-state index in [4.69, 9.17) is 4.42 Å². The lowest BCUT2D eigenvalue weighted by Crippen LogP contribution is -2.48. The maximum Gasteiger partial charge on any atom is 0.298 e. The Bertz CT molecular complexity index is 844. The van der Waals surface area contributed by atoms with E-state index in [0.29, 0.717) is 19.1 Å². The van der Waals surface area contributed by atoms with Crippen LogP contribution in [0, 0.1) is 0 Å². The van der Waals surface area contributed by atoms with Gasteiger partial charge in [0.25, 0.3) is 11.9 Å². The summed E-state index contributed by atoms with van der Waals surface area (Å²) in [5.74, 6) is 0.0971. The fraction of sp³-hybridized carbons (Fsp3) is 0.300. The smallest absolute Gasteiger partial charge is 0.298 e. The average Bonchev–Trinajstić information content (AvgIpc) is 3.12. The summed E-state index contributed by atoms with van der Waals surface area (Å²) in [6.45, 7) is 4.92. The van der Waals surface area contributed by atoms with Crippen LogP contribution < -0.4 is 4.90 Å². The lowest BCUT2D eigenvalue weighted by atomic mass is 10.1. The highest BCUT2D eigenvalue weighted by Gasteiger charge is 2.24. The standard InChI is InChI=1S/C20H21N3O2/c1-2-15-7-9-16(10-8-15)19(24)22-11-13-23(14-12-22)20-21-17-5-3-4-6-18(17)25-20/h3-10H,2,11-14H2,1H3. The first-order valence-corrected chi connectivity index (χ1v) is 8.73. The minimum Gasteiger partial charge on any atom is -0.423 e. The number of para-hydroxylation sites is 2. The van der Waals surface area contributed by atoms with Gasteiger partial charge < -0.3 is 14.2 Å². The second-order valence-corrected chi connectivity index (χ2v) is 6.29. The number of anilines is 1. The van der Waals surface area contributed by atoms with Gasteiger partial charge in [-0.1, -0.05) is 31.2 Å². The van der Waals surface area contributed by atoms with Crippen molar-refractivity contribution in [2.45, 2.75) is 13.3 Å². The minimum absolute atomic E-state index is 0.0971. The van der Waals surface area contributed by atoms with Crippen LogP contribution >= 0.6 is 0 Å². The Morgan fingerprint density at radius 1 is 1.04 bits per heavy atom. The topological polar surface area (TPSA) is 49.6 Å². The van der Waals surface area contributed by atoms with Crippen LogP contribution in [0.1, 0.15) is 22.8 Å². The molecule has 1 aromatic heterocycles. The summed E-state index contributed by atoms with van der Waals surface area (Å²) in [6, 6.07) is 16.3. The maximum absolute atomic E-state index is 12.7. The Hall–Kier alpha value is -2.82. The van der Waals surface area contributed by atoms with Crippen LogP contribution in [0.25, 0.3) is 11.1 Å². The van der Waals surface area contributed by atoms with E-state index < -0.39 is 0 Å².